The number of rotatable bonds is 1. The van der Waals surface area contributed by atoms with Gasteiger partial charge in [0.2, 0.25) is 0 Å². The van der Waals surface area contributed by atoms with Gasteiger partial charge < -0.3 is 15.5 Å². The molecule has 5 heteroatoms. The van der Waals surface area contributed by atoms with Gasteiger partial charge in [-0.05, 0) is 6.92 Å². The van der Waals surface area contributed by atoms with Crippen LogP contribution in [0.25, 0.3) is 0 Å². The summed E-state index contributed by atoms with van der Waals surface area (Å²) in [5.41, 5.74) is 4.47. The average Bonchev–Trinajstić information content (AvgIpc) is 1.62. The summed E-state index contributed by atoms with van der Waals surface area (Å²) >= 11 is 0. The molecule has 0 radical (unpaired) electrons. The summed E-state index contributed by atoms with van der Waals surface area (Å²) in [6.07, 6.45) is 1.18. The van der Waals surface area contributed by atoms with Crippen LogP contribution in [0, 0.1) is 0 Å². The molecule has 0 saturated carbocycles. The molecule has 0 aliphatic carbocycles. The minimum atomic E-state index is -4.12. The Balaban J connectivity index is 4.27. The third-order valence-corrected chi connectivity index (χ3v) is 1.56. The lowest BCUT2D eigenvalue weighted by Crippen LogP contribution is -1.96. The predicted molar refractivity (Wildman–Crippen MR) is 30.0 cm³/mol. The van der Waals surface area contributed by atoms with Crippen LogP contribution in [0.5, 0.6) is 0 Å². The van der Waals surface area contributed by atoms with E-state index < -0.39 is 7.60 Å². The van der Waals surface area contributed by atoms with Crippen molar-refractivity contribution in [3.05, 3.63) is 11.5 Å². The second-order valence-electron chi connectivity index (χ2n) is 1.26. The van der Waals surface area contributed by atoms with Crippen LogP contribution in [0.2, 0.25) is 0 Å². The van der Waals surface area contributed by atoms with Crippen molar-refractivity contribution in [2.45, 2.75) is 6.92 Å². The van der Waals surface area contributed by atoms with E-state index in [0.717, 1.165) is 0 Å². The second kappa shape index (κ2) is 2.31. The maximum atomic E-state index is 10.1. The van der Waals surface area contributed by atoms with Gasteiger partial charge >= 0.3 is 7.60 Å². The topological polar surface area (TPSA) is 83.6 Å². The lowest BCUT2D eigenvalue weighted by molar-refractivity contribution is 0.381. The van der Waals surface area contributed by atoms with Crippen molar-refractivity contribution in [3.63, 3.8) is 0 Å². The minimum Gasteiger partial charge on any atom is -0.392 e. The van der Waals surface area contributed by atoms with Gasteiger partial charge in [-0.2, -0.15) is 0 Å². The van der Waals surface area contributed by atoms with Gasteiger partial charge in [0.05, 0.1) is 0 Å². The van der Waals surface area contributed by atoms with Crippen molar-refractivity contribution in [2.75, 3.05) is 0 Å². The summed E-state index contributed by atoms with van der Waals surface area (Å²) in [6, 6.07) is 0. The van der Waals surface area contributed by atoms with Gasteiger partial charge in [0.15, 0.2) is 0 Å². The summed E-state index contributed by atoms with van der Waals surface area (Å²) in [7, 11) is -4.12. The van der Waals surface area contributed by atoms with E-state index in [1.54, 1.807) is 0 Å². The highest BCUT2D eigenvalue weighted by Gasteiger charge is 2.14. The minimum absolute atomic E-state index is 0.377. The van der Waals surface area contributed by atoms with Gasteiger partial charge in [0.1, 0.15) is 5.44 Å². The van der Waals surface area contributed by atoms with Crippen molar-refractivity contribution >= 4 is 7.60 Å². The Morgan fingerprint density at radius 1 is 1.75 bits per heavy atom. The Morgan fingerprint density at radius 2 is 2.12 bits per heavy atom. The Morgan fingerprint density at radius 3 is 2.12 bits per heavy atom. The third kappa shape index (κ3) is 2.12. The van der Waals surface area contributed by atoms with E-state index in [1.165, 1.54) is 13.0 Å². The Labute approximate surface area is 47.2 Å². The smallest absolute Gasteiger partial charge is 0.371 e. The van der Waals surface area contributed by atoms with Gasteiger partial charge in [-0.15, -0.1) is 0 Å². The van der Waals surface area contributed by atoms with Crippen LogP contribution < -0.4 is 5.73 Å². The molecule has 0 spiro atoms. The Hall–Kier alpha value is -0.310. The van der Waals surface area contributed by atoms with E-state index in [1.807, 2.05) is 0 Å². The molecule has 4 N–H and O–H groups in total. The summed E-state index contributed by atoms with van der Waals surface area (Å²) in [5, 5.41) is 0. The molecule has 0 unspecified atom stereocenters. The quantitative estimate of drug-likeness (QED) is 0.443. The maximum Gasteiger partial charge on any atom is 0.371 e. The summed E-state index contributed by atoms with van der Waals surface area (Å²) in [4.78, 5) is 16.4. The first-order valence-electron chi connectivity index (χ1n) is 1.96. The molecular formula is C3H8NO3P. The van der Waals surface area contributed by atoms with Crippen molar-refractivity contribution in [3.8, 4) is 0 Å². The molecule has 8 heavy (non-hydrogen) atoms. The molecule has 48 valence electrons. The van der Waals surface area contributed by atoms with Crippen LogP contribution in [0.4, 0.5) is 0 Å². The van der Waals surface area contributed by atoms with Crippen molar-refractivity contribution in [1.29, 1.82) is 0 Å². The lowest BCUT2D eigenvalue weighted by atomic mass is 10.7. The fourth-order valence-corrected chi connectivity index (χ4v) is 0.505. The highest BCUT2D eigenvalue weighted by Crippen LogP contribution is 2.40. The molecule has 0 bridgehead atoms. The van der Waals surface area contributed by atoms with E-state index in [2.05, 4.69) is 0 Å². The first-order chi connectivity index (χ1) is 3.48. The largest absolute Gasteiger partial charge is 0.392 e. The van der Waals surface area contributed by atoms with Gasteiger partial charge in [0, 0.05) is 0 Å². The molecule has 0 aliphatic rings. The SMILES string of the molecule is CC=C(N)P(=O)(O)O. The zero-order valence-corrected chi connectivity index (χ0v) is 5.30. The number of hydrogen-bond acceptors (Lipinski definition) is 2. The number of hydrogen-bond donors (Lipinski definition) is 3. The monoisotopic (exact) mass is 137 g/mol. The fourth-order valence-electron chi connectivity index (χ4n) is 0.168. The summed E-state index contributed by atoms with van der Waals surface area (Å²) in [5.74, 6) is 0. The third-order valence-electron chi connectivity index (χ3n) is 0.632. The molecule has 0 aromatic rings. The van der Waals surface area contributed by atoms with Gasteiger partial charge in [-0.25, -0.2) is 0 Å². The van der Waals surface area contributed by atoms with E-state index in [4.69, 9.17) is 15.5 Å². The molecule has 4 nitrogen and oxygen atoms in total. The molecule has 0 aromatic heterocycles. The molecule has 0 aromatic carbocycles. The van der Waals surface area contributed by atoms with Crippen molar-refractivity contribution in [2.24, 2.45) is 5.73 Å². The molecule has 0 aliphatic heterocycles. The van der Waals surface area contributed by atoms with E-state index in [-0.39, 0.29) is 5.44 Å². The highest BCUT2D eigenvalue weighted by atomic mass is 31.2. The fraction of sp³-hybridized carbons (Fsp3) is 0.333. The van der Waals surface area contributed by atoms with Gasteiger partial charge in [0.25, 0.3) is 0 Å². The van der Waals surface area contributed by atoms with Crippen LogP contribution in [-0.2, 0) is 4.57 Å². The zero-order chi connectivity index (χ0) is 6.78. The van der Waals surface area contributed by atoms with Crippen LogP contribution in [0.15, 0.2) is 11.5 Å². The van der Waals surface area contributed by atoms with Gasteiger partial charge in [-0.1, -0.05) is 6.08 Å². The van der Waals surface area contributed by atoms with Crippen molar-refractivity contribution < 1.29 is 14.4 Å². The molecule has 0 heterocycles. The predicted octanol–water partition coefficient (Wildman–Crippen LogP) is -0.0159. The first kappa shape index (κ1) is 7.69. The molecule has 0 atom stereocenters. The number of allylic oxidation sites excluding steroid dienone is 1. The average molecular weight is 137 g/mol. The zero-order valence-electron chi connectivity index (χ0n) is 4.40. The molecule has 0 rings (SSSR count). The first-order valence-corrected chi connectivity index (χ1v) is 3.57. The summed E-state index contributed by atoms with van der Waals surface area (Å²) in [6.45, 7) is 1.47. The second-order valence-corrected chi connectivity index (χ2v) is 2.86. The molecular weight excluding hydrogens is 129 g/mol. The van der Waals surface area contributed by atoms with E-state index >= 15 is 0 Å². The summed E-state index contributed by atoms with van der Waals surface area (Å²) < 4.78 is 10.1. The van der Waals surface area contributed by atoms with Crippen LogP contribution in [0.1, 0.15) is 6.92 Å². The van der Waals surface area contributed by atoms with E-state index in [9.17, 15) is 4.57 Å². The van der Waals surface area contributed by atoms with Crippen molar-refractivity contribution in [1.82, 2.24) is 0 Å². The Kier molecular flexibility index (Phi) is 2.22. The number of nitrogens with two attached hydrogens (primary N) is 1. The highest BCUT2D eigenvalue weighted by molar-refractivity contribution is 7.56. The Bertz CT molecular complexity index is 147. The lowest BCUT2D eigenvalue weighted by Gasteiger charge is -1.99. The van der Waals surface area contributed by atoms with Crippen LogP contribution in [0.3, 0.4) is 0 Å². The normalized spacial score (nSPS) is 14.1. The van der Waals surface area contributed by atoms with E-state index in [0.29, 0.717) is 0 Å². The van der Waals surface area contributed by atoms with Gasteiger partial charge in [-0.3, -0.25) is 4.57 Å². The molecule has 0 fully saturated rings. The molecule has 0 saturated heterocycles. The maximum absolute atomic E-state index is 10.1. The van der Waals surface area contributed by atoms with Crippen LogP contribution in [-0.4, -0.2) is 9.79 Å². The van der Waals surface area contributed by atoms with Crippen LogP contribution >= 0.6 is 7.60 Å². The standard InChI is InChI=1S/C3H8NO3P/c1-2-3(4)8(5,6)7/h2H,4H2,1H3,(H2,5,6,7). The molecule has 0 amide bonds.